The van der Waals surface area contributed by atoms with Gasteiger partial charge < -0.3 is 5.32 Å². The summed E-state index contributed by atoms with van der Waals surface area (Å²) >= 11 is 0. The molecule has 2 heterocycles. The topological polar surface area (TPSA) is 64.0 Å². The molecule has 162 valence electrons. The average molecular weight is 426 g/mol. The third kappa shape index (κ3) is 5.33. The summed E-state index contributed by atoms with van der Waals surface area (Å²) in [6.07, 6.45) is 8.69. The molecule has 1 aliphatic rings. The summed E-state index contributed by atoms with van der Waals surface area (Å²) in [7, 11) is 0. The van der Waals surface area contributed by atoms with Gasteiger partial charge in [-0.3, -0.25) is 9.36 Å². The lowest BCUT2D eigenvalue weighted by molar-refractivity contribution is -0.120. The van der Waals surface area contributed by atoms with E-state index in [0.29, 0.717) is 6.42 Å². The van der Waals surface area contributed by atoms with E-state index in [4.69, 9.17) is 0 Å². The zero-order chi connectivity index (χ0) is 22.3. The minimum absolute atomic E-state index is 0.0105. The van der Waals surface area contributed by atoms with Crippen molar-refractivity contribution in [2.24, 2.45) is 0 Å². The summed E-state index contributed by atoms with van der Waals surface area (Å²) in [5.74, 6) is 6.38. The Bertz CT molecular complexity index is 1150. The maximum absolute atomic E-state index is 12.7. The molecule has 0 radical (unpaired) electrons. The van der Waals surface area contributed by atoms with Crippen molar-refractivity contribution in [2.75, 3.05) is 0 Å². The maximum Gasteiger partial charge on any atom is 0.327 e. The van der Waals surface area contributed by atoms with Crippen LogP contribution in [0.3, 0.4) is 0 Å². The van der Waals surface area contributed by atoms with E-state index in [2.05, 4.69) is 53.3 Å². The van der Waals surface area contributed by atoms with Crippen LogP contribution in [0, 0.1) is 11.8 Å². The normalized spacial score (nSPS) is 14.8. The Balaban J connectivity index is 1.33. The second-order valence-corrected chi connectivity index (χ2v) is 8.21. The van der Waals surface area contributed by atoms with E-state index >= 15 is 0 Å². The van der Waals surface area contributed by atoms with Crippen molar-refractivity contribution in [1.82, 2.24) is 14.9 Å². The van der Waals surface area contributed by atoms with Crippen LogP contribution in [0.1, 0.15) is 54.1 Å². The number of ketones is 1. The molecule has 0 spiro atoms. The van der Waals surface area contributed by atoms with Gasteiger partial charge in [0.2, 0.25) is 0 Å². The van der Waals surface area contributed by atoms with E-state index in [1.165, 1.54) is 35.7 Å². The van der Waals surface area contributed by atoms with Crippen molar-refractivity contribution in [2.45, 2.75) is 51.5 Å². The second kappa shape index (κ2) is 10.1. The van der Waals surface area contributed by atoms with E-state index in [-0.39, 0.29) is 18.2 Å². The zero-order valence-corrected chi connectivity index (χ0v) is 18.3. The van der Waals surface area contributed by atoms with E-state index in [9.17, 15) is 9.59 Å². The van der Waals surface area contributed by atoms with Crippen LogP contribution >= 0.6 is 0 Å². The van der Waals surface area contributed by atoms with Crippen molar-refractivity contribution in [3.05, 3.63) is 89.0 Å². The summed E-state index contributed by atoms with van der Waals surface area (Å²) < 4.78 is 1.44. The van der Waals surface area contributed by atoms with Gasteiger partial charge in [0.05, 0.1) is 6.04 Å². The fraction of sp³-hybridized carbons (Fsp3) is 0.296. The Morgan fingerprint density at radius 2 is 1.69 bits per heavy atom. The SMILES string of the molecule is CCCCCc1ccc(C#Cc2ccc(CC(=O)[C@@H]3Cc4cncn4C(=O)N3)cc2)cc1. The van der Waals surface area contributed by atoms with Gasteiger partial charge in [-0.15, -0.1) is 0 Å². The van der Waals surface area contributed by atoms with Crippen molar-refractivity contribution in [3.63, 3.8) is 0 Å². The smallest absolute Gasteiger partial charge is 0.327 e. The number of fused-ring (bicyclic) bond motifs is 1. The van der Waals surface area contributed by atoms with Gasteiger partial charge in [-0.25, -0.2) is 9.78 Å². The monoisotopic (exact) mass is 425 g/mol. The number of hydrogen-bond donors (Lipinski definition) is 1. The van der Waals surface area contributed by atoms with E-state index in [1.807, 2.05) is 24.3 Å². The fourth-order valence-electron chi connectivity index (χ4n) is 3.84. The lowest BCUT2D eigenvalue weighted by Gasteiger charge is -2.23. The van der Waals surface area contributed by atoms with Crippen LogP contribution in [0.15, 0.2) is 61.1 Å². The zero-order valence-electron chi connectivity index (χ0n) is 18.3. The predicted octanol–water partition coefficient (Wildman–Crippen LogP) is 4.31. The molecule has 0 aliphatic carbocycles. The molecule has 5 heteroatoms. The van der Waals surface area contributed by atoms with Gasteiger partial charge in [0, 0.05) is 35.9 Å². The first kappa shape index (κ1) is 21.6. The summed E-state index contributed by atoms with van der Waals surface area (Å²) in [6, 6.07) is 15.4. The first-order valence-electron chi connectivity index (χ1n) is 11.2. The standard InChI is InChI=1S/C27H27N3O2/c1-2-3-4-5-20-6-8-21(9-7-20)10-11-22-12-14-23(15-13-22)16-26(31)25-17-24-18-28-19-30(24)27(32)29-25/h6-9,12-15,18-19,25H,2-5,16-17H2,1H3,(H,29,32)/t25-/m0/s1. The van der Waals surface area contributed by atoms with Crippen molar-refractivity contribution < 1.29 is 9.59 Å². The molecule has 1 atom stereocenters. The minimum Gasteiger partial charge on any atom is -0.327 e. The summed E-state index contributed by atoms with van der Waals surface area (Å²) in [5.41, 5.74) is 4.92. The number of aromatic nitrogens is 2. The molecule has 1 aromatic heterocycles. The first-order valence-corrected chi connectivity index (χ1v) is 11.2. The highest BCUT2D eigenvalue weighted by Crippen LogP contribution is 2.13. The highest BCUT2D eigenvalue weighted by Gasteiger charge is 2.28. The Kier molecular flexibility index (Phi) is 6.81. The molecule has 0 saturated heterocycles. The van der Waals surface area contributed by atoms with E-state index in [0.717, 1.165) is 28.8 Å². The molecule has 2 aromatic carbocycles. The van der Waals surface area contributed by atoms with Gasteiger partial charge in [-0.1, -0.05) is 55.9 Å². The molecule has 0 fully saturated rings. The number of carbonyl (C=O) groups is 2. The average Bonchev–Trinajstić information content (AvgIpc) is 3.29. The Hall–Kier alpha value is -3.65. The third-order valence-corrected chi connectivity index (χ3v) is 5.74. The molecule has 32 heavy (non-hydrogen) atoms. The Labute approximate surface area is 188 Å². The van der Waals surface area contributed by atoms with Gasteiger partial charge >= 0.3 is 6.03 Å². The second-order valence-electron chi connectivity index (χ2n) is 8.21. The van der Waals surface area contributed by atoms with Crippen molar-refractivity contribution in [3.8, 4) is 11.8 Å². The number of unbranched alkanes of at least 4 members (excludes halogenated alkanes) is 2. The largest absolute Gasteiger partial charge is 0.327 e. The number of imidazole rings is 1. The van der Waals surface area contributed by atoms with Crippen LogP contribution in [0.4, 0.5) is 4.79 Å². The van der Waals surface area contributed by atoms with Gasteiger partial charge in [0.15, 0.2) is 5.78 Å². The maximum atomic E-state index is 12.7. The van der Waals surface area contributed by atoms with Crippen LogP contribution in [0.5, 0.6) is 0 Å². The molecule has 0 unspecified atom stereocenters. The molecule has 1 N–H and O–H groups in total. The number of Topliss-reactive ketones (excluding diaryl/α,β-unsaturated/α-hetero) is 1. The quantitative estimate of drug-likeness (QED) is 0.453. The number of aryl methyl sites for hydroxylation is 1. The van der Waals surface area contributed by atoms with E-state index < -0.39 is 6.04 Å². The molecule has 5 nitrogen and oxygen atoms in total. The molecule has 0 bridgehead atoms. The first-order chi connectivity index (χ1) is 15.6. The third-order valence-electron chi connectivity index (χ3n) is 5.74. The summed E-state index contributed by atoms with van der Waals surface area (Å²) in [6.45, 7) is 2.22. The van der Waals surface area contributed by atoms with Gasteiger partial charge in [0.25, 0.3) is 0 Å². The van der Waals surface area contributed by atoms with Gasteiger partial charge in [-0.2, -0.15) is 0 Å². The van der Waals surface area contributed by atoms with Gasteiger partial charge in [0.1, 0.15) is 6.33 Å². The lowest BCUT2D eigenvalue weighted by atomic mass is 9.98. The Morgan fingerprint density at radius 3 is 2.34 bits per heavy atom. The number of amides is 1. The molecular formula is C27H27N3O2. The molecule has 1 aliphatic heterocycles. The molecular weight excluding hydrogens is 398 g/mol. The number of benzene rings is 2. The number of rotatable bonds is 7. The summed E-state index contributed by atoms with van der Waals surface area (Å²) in [4.78, 5) is 28.7. The predicted molar refractivity (Wildman–Crippen MR) is 124 cm³/mol. The number of hydrogen-bond acceptors (Lipinski definition) is 3. The minimum atomic E-state index is -0.517. The van der Waals surface area contributed by atoms with Crippen LogP contribution in [0.25, 0.3) is 0 Å². The van der Waals surface area contributed by atoms with Crippen LogP contribution < -0.4 is 5.32 Å². The molecule has 4 rings (SSSR count). The highest BCUT2D eigenvalue weighted by molar-refractivity contribution is 5.92. The number of nitrogens with zero attached hydrogens (tertiary/aromatic N) is 2. The number of carbonyl (C=O) groups excluding carboxylic acids is 2. The molecule has 1 amide bonds. The van der Waals surface area contributed by atoms with Crippen LogP contribution in [-0.2, 0) is 24.1 Å². The van der Waals surface area contributed by atoms with E-state index in [1.54, 1.807) is 6.20 Å². The molecule has 3 aromatic rings. The summed E-state index contributed by atoms with van der Waals surface area (Å²) in [5, 5.41) is 2.76. The van der Waals surface area contributed by atoms with Crippen molar-refractivity contribution >= 4 is 11.8 Å². The lowest BCUT2D eigenvalue weighted by Crippen LogP contribution is -2.49. The molecule has 0 saturated carbocycles. The number of nitrogens with one attached hydrogen (secondary N) is 1. The van der Waals surface area contributed by atoms with Crippen molar-refractivity contribution in [1.29, 1.82) is 0 Å². The van der Waals surface area contributed by atoms with Crippen LogP contribution in [0.2, 0.25) is 0 Å². The highest BCUT2D eigenvalue weighted by atomic mass is 16.2. The van der Waals surface area contributed by atoms with Gasteiger partial charge in [-0.05, 0) is 48.2 Å². The Morgan fingerprint density at radius 1 is 1.03 bits per heavy atom. The fourth-order valence-corrected chi connectivity index (χ4v) is 3.84. The van der Waals surface area contributed by atoms with Crippen LogP contribution in [-0.4, -0.2) is 27.4 Å².